The number of fused-ring (bicyclic) bond motifs is 1. The molecule has 1 aromatic rings. The van der Waals surface area contributed by atoms with E-state index in [0.29, 0.717) is 0 Å². The maximum Gasteiger partial charge on any atom is 0.134 e. The molecule has 2 rings (SSSR count). The Balaban J connectivity index is 2.56. The highest BCUT2D eigenvalue weighted by Gasteiger charge is 2.50. The number of nitrogens with two attached hydrogens (primary N) is 1. The Kier molecular flexibility index (Phi) is 2.07. The maximum atomic E-state index is 10.4. The third-order valence-corrected chi connectivity index (χ3v) is 3.44. The van der Waals surface area contributed by atoms with Crippen molar-refractivity contribution in [2.75, 3.05) is 0 Å². The molecule has 0 spiro atoms. The zero-order chi connectivity index (χ0) is 11.3. The van der Waals surface area contributed by atoms with E-state index in [-0.39, 0.29) is 0 Å². The lowest BCUT2D eigenvalue weighted by Gasteiger charge is -2.48. The van der Waals surface area contributed by atoms with Crippen molar-refractivity contribution in [1.29, 1.82) is 0 Å². The number of rotatable bonds is 0. The van der Waals surface area contributed by atoms with Crippen LogP contribution in [0.1, 0.15) is 32.4 Å². The van der Waals surface area contributed by atoms with E-state index in [4.69, 9.17) is 10.5 Å². The summed E-state index contributed by atoms with van der Waals surface area (Å²) in [5, 5.41) is 10.4. The summed E-state index contributed by atoms with van der Waals surface area (Å²) < 4.78 is 5.77. The van der Waals surface area contributed by atoms with Gasteiger partial charge in [0.15, 0.2) is 0 Å². The second-order valence-electron chi connectivity index (χ2n) is 4.78. The summed E-state index contributed by atoms with van der Waals surface area (Å²) >= 11 is 0. The molecule has 1 aliphatic rings. The Hall–Kier alpha value is -1.06. The van der Waals surface area contributed by atoms with Crippen LogP contribution in [0.4, 0.5) is 0 Å². The van der Waals surface area contributed by atoms with Crippen molar-refractivity contribution in [3.63, 3.8) is 0 Å². The molecule has 2 atom stereocenters. The molecule has 0 amide bonds. The van der Waals surface area contributed by atoms with Gasteiger partial charge in [0.2, 0.25) is 0 Å². The van der Waals surface area contributed by atoms with Gasteiger partial charge in [-0.15, -0.1) is 0 Å². The van der Waals surface area contributed by atoms with Crippen molar-refractivity contribution in [3.05, 3.63) is 29.8 Å². The van der Waals surface area contributed by atoms with Crippen LogP contribution in [-0.2, 0) is 0 Å². The van der Waals surface area contributed by atoms with Gasteiger partial charge in [-0.25, -0.2) is 0 Å². The molecular weight excluding hydrogens is 190 g/mol. The van der Waals surface area contributed by atoms with E-state index >= 15 is 0 Å². The quantitative estimate of drug-likeness (QED) is 0.679. The van der Waals surface area contributed by atoms with E-state index in [1.165, 1.54) is 0 Å². The molecule has 15 heavy (non-hydrogen) atoms. The molecule has 3 N–H and O–H groups in total. The number of aliphatic hydroxyl groups is 1. The standard InChI is InChI=1S/C12H17NO2/c1-11(2)12(3,14)10(13)8-6-4-5-7-9(8)15-11/h4-7,10,14H,13H2,1-3H3/t10-,12+/m0/s1. The van der Waals surface area contributed by atoms with E-state index in [2.05, 4.69) is 0 Å². The fraction of sp³-hybridized carbons (Fsp3) is 0.500. The van der Waals surface area contributed by atoms with Gasteiger partial charge >= 0.3 is 0 Å². The first-order valence-electron chi connectivity index (χ1n) is 5.12. The molecule has 0 unspecified atom stereocenters. The van der Waals surface area contributed by atoms with Crippen LogP contribution in [0.25, 0.3) is 0 Å². The molecule has 0 aliphatic carbocycles. The van der Waals surface area contributed by atoms with Gasteiger partial charge in [-0.3, -0.25) is 0 Å². The Morgan fingerprint density at radius 2 is 1.87 bits per heavy atom. The normalized spacial score (nSPS) is 33.0. The number of benzene rings is 1. The summed E-state index contributed by atoms with van der Waals surface area (Å²) in [6.07, 6.45) is 0. The second kappa shape index (κ2) is 2.97. The third kappa shape index (κ3) is 1.34. The van der Waals surface area contributed by atoms with Gasteiger partial charge in [0, 0.05) is 5.56 Å². The molecule has 0 saturated heterocycles. The predicted octanol–water partition coefficient (Wildman–Crippen LogP) is 1.61. The van der Waals surface area contributed by atoms with E-state index in [1.807, 2.05) is 38.1 Å². The lowest BCUT2D eigenvalue weighted by molar-refractivity contribution is -0.132. The van der Waals surface area contributed by atoms with E-state index in [1.54, 1.807) is 6.92 Å². The molecular formula is C12H17NO2. The summed E-state index contributed by atoms with van der Waals surface area (Å²) in [7, 11) is 0. The van der Waals surface area contributed by atoms with Gasteiger partial charge < -0.3 is 15.6 Å². The molecule has 0 aromatic heterocycles. The van der Waals surface area contributed by atoms with Gasteiger partial charge in [-0.05, 0) is 26.8 Å². The topological polar surface area (TPSA) is 55.5 Å². The molecule has 82 valence electrons. The highest BCUT2D eigenvalue weighted by Crippen LogP contribution is 2.44. The minimum atomic E-state index is -1.07. The Morgan fingerprint density at radius 1 is 1.27 bits per heavy atom. The smallest absolute Gasteiger partial charge is 0.134 e. The molecule has 3 heteroatoms. The van der Waals surface area contributed by atoms with Crippen LogP contribution in [-0.4, -0.2) is 16.3 Å². The Morgan fingerprint density at radius 3 is 2.53 bits per heavy atom. The summed E-state index contributed by atoms with van der Waals surface area (Å²) in [5.74, 6) is 0.765. The summed E-state index contributed by atoms with van der Waals surface area (Å²) in [6, 6.07) is 7.16. The molecule has 0 radical (unpaired) electrons. The lowest BCUT2D eigenvalue weighted by atomic mass is 9.76. The van der Waals surface area contributed by atoms with Crippen molar-refractivity contribution >= 4 is 0 Å². The number of hydrogen-bond donors (Lipinski definition) is 2. The summed E-state index contributed by atoms with van der Waals surface area (Å²) in [6.45, 7) is 5.42. The van der Waals surface area contributed by atoms with Crippen molar-refractivity contribution < 1.29 is 9.84 Å². The monoisotopic (exact) mass is 207 g/mol. The first-order chi connectivity index (χ1) is 6.86. The zero-order valence-electron chi connectivity index (χ0n) is 9.32. The molecule has 0 saturated carbocycles. The Labute approximate surface area is 89.9 Å². The van der Waals surface area contributed by atoms with Crippen LogP contribution in [0.5, 0.6) is 5.75 Å². The molecule has 3 nitrogen and oxygen atoms in total. The van der Waals surface area contributed by atoms with Gasteiger partial charge in [0.1, 0.15) is 17.0 Å². The minimum absolute atomic E-state index is 0.419. The molecule has 0 bridgehead atoms. The highest BCUT2D eigenvalue weighted by molar-refractivity contribution is 5.41. The van der Waals surface area contributed by atoms with Crippen LogP contribution in [0, 0.1) is 0 Å². The van der Waals surface area contributed by atoms with Crippen molar-refractivity contribution in [2.45, 2.75) is 38.0 Å². The van der Waals surface area contributed by atoms with Gasteiger partial charge in [-0.2, -0.15) is 0 Å². The van der Waals surface area contributed by atoms with Crippen molar-refractivity contribution in [2.24, 2.45) is 5.73 Å². The predicted molar refractivity (Wildman–Crippen MR) is 58.7 cm³/mol. The Bertz CT molecular complexity index is 385. The first kappa shape index (κ1) is 10.5. The largest absolute Gasteiger partial charge is 0.484 e. The molecule has 1 aliphatic heterocycles. The molecule has 0 fully saturated rings. The minimum Gasteiger partial charge on any atom is -0.484 e. The average molecular weight is 207 g/mol. The maximum absolute atomic E-state index is 10.4. The van der Waals surface area contributed by atoms with E-state index in [0.717, 1.165) is 11.3 Å². The highest BCUT2D eigenvalue weighted by atomic mass is 16.5. The summed E-state index contributed by atoms with van der Waals surface area (Å²) in [4.78, 5) is 0. The van der Waals surface area contributed by atoms with Crippen LogP contribution in [0.15, 0.2) is 24.3 Å². The van der Waals surface area contributed by atoms with Crippen LogP contribution in [0.3, 0.4) is 0 Å². The van der Waals surface area contributed by atoms with E-state index in [9.17, 15) is 5.11 Å². The van der Waals surface area contributed by atoms with Gasteiger partial charge in [-0.1, -0.05) is 18.2 Å². The number of ether oxygens (including phenoxy) is 1. The summed E-state index contributed by atoms with van der Waals surface area (Å²) in [5.41, 5.74) is 5.18. The van der Waals surface area contributed by atoms with Gasteiger partial charge in [0.25, 0.3) is 0 Å². The van der Waals surface area contributed by atoms with Crippen LogP contribution >= 0.6 is 0 Å². The van der Waals surface area contributed by atoms with Crippen molar-refractivity contribution in [1.82, 2.24) is 0 Å². The second-order valence-corrected chi connectivity index (χ2v) is 4.78. The van der Waals surface area contributed by atoms with Crippen molar-refractivity contribution in [3.8, 4) is 5.75 Å². The SMILES string of the molecule is CC1(C)Oc2ccccc2[C@H](N)[C@@]1(C)O. The van der Waals surface area contributed by atoms with Gasteiger partial charge in [0.05, 0.1) is 6.04 Å². The fourth-order valence-electron chi connectivity index (χ4n) is 1.89. The zero-order valence-corrected chi connectivity index (χ0v) is 9.32. The van der Waals surface area contributed by atoms with Crippen LogP contribution < -0.4 is 10.5 Å². The van der Waals surface area contributed by atoms with E-state index < -0.39 is 17.2 Å². The first-order valence-corrected chi connectivity index (χ1v) is 5.12. The molecule has 1 aromatic carbocycles. The lowest BCUT2D eigenvalue weighted by Crippen LogP contribution is -2.60. The van der Waals surface area contributed by atoms with Crippen LogP contribution in [0.2, 0.25) is 0 Å². The average Bonchev–Trinajstić information content (AvgIpc) is 2.15. The number of hydrogen-bond acceptors (Lipinski definition) is 3. The third-order valence-electron chi connectivity index (χ3n) is 3.44. The molecule has 1 heterocycles. The fourth-order valence-corrected chi connectivity index (χ4v) is 1.89. The number of para-hydroxylation sites is 1.